The summed E-state index contributed by atoms with van der Waals surface area (Å²) in [5.74, 6) is -7.65. The number of aliphatic imine (C=N–C) groups is 3. The van der Waals surface area contributed by atoms with E-state index in [-0.39, 0.29) is 99.9 Å². The second-order valence-corrected chi connectivity index (χ2v) is 29.1. The van der Waals surface area contributed by atoms with Crippen molar-refractivity contribution in [3.63, 3.8) is 0 Å². The average Bonchev–Trinajstić information content (AvgIpc) is 1.53. The van der Waals surface area contributed by atoms with E-state index in [4.69, 9.17) is 80.3 Å². The van der Waals surface area contributed by atoms with Gasteiger partial charge in [-0.3, -0.25) is 57.9 Å². The molecule has 8 rings (SSSR count). The van der Waals surface area contributed by atoms with Gasteiger partial charge in [-0.2, -0.15) is 5.70 Å². The Bertz CT molecular complexity index is 3730. The van der Waals surface area contributed by atoms with Crippen LogP contribution in [0.15, 0.2) is 67.8 Å². The first-order valence-electron chi connectivity index (χ1n) is 32.3. The number of imidazole rings is 1. The van der Waals surface area contributed by atoms with Gasteiger partial charge in [-0.05, 0) is 118 Å². The standard InChI is InChI=1S/C62H90N13O14P.C3H7NO.CN.Co/c1-29-20-39-40(21-30(29)2)75(28-70-39)57-52(84)53(41(27-76)87-57)89-90(85,86)88-31(3)26-69-49(83)18-19-59(8)37(22-46(66)80)56-62(11)61(10,25-48(68)82)36(14-17-45(65)79)51(74-62)33(5)55-60(9,24-47(67)81)34(12-15-43(63)77)38(71-55)23-42-58(6,7)35(13-16-44(64)78)50(72-42)32(4)54(59)73-56;1-2-3(4)5;1-2;/h20-21,23,28,31,34-37,41,52-53,56-57,76,84H,12-19,22,24-27H2,1-11H3,(H15,63,64,65,66,67,68,69,71,72,73,74,77,78,79,80,81,82,83,85,86);2H2,1H3,(H2,4,5);;/q;;-1;+3/p-2/t31?,34-,35-,36-,37+,41-,52-,53-,56-,57+,59-,60+,61+,62+;;;/m1.../s1. The van der Waals surface area contributed by atoms with Gasteiger partial charge in [0.2, 0.25) is 47.3 Å². The second kappa shape index (κ2) is 31.8. The third-order valence-electron chi connectivity index (χ3n) is 20.8. The Kier molecular flexibility index (Phi) is 26.3. The molecule has 8 bridgehead atoms. The molecule has 2 saturated heterocycles. The van der Waals surface area contributed by atoms with Crippen molar-refractivity contribution in [2.75, 3.05) is 13.2 Å². The number of aryl methyl sites for hydroxylation is 2. The van der Waals surface area contributed by atoms with Gasteiger partial charge in [-0.15, -0.1) is 0 Å². The van der Waals surface area contributed by atoms with Gasteiger partial charge in [-0.1, -0.05) is 54.0 Å². The summed E-state index contributed by atoms with van der Waals surface area (Å²) in [6, 6.07) is 2.65. The Morgan fingerprint density at radius 1 is 0.786 bits per heavy atom. The molecule has 98 heavy (non-hydrogen) atoms. The molecule has 6 aliphatic rings. The van der Waals surface area contributed by atoms with E-state index in [0.29, 0.717) is 62.8 Å². The van der Waals surface area contributed by atoms with Crippen LogP contribution in [0.3, 0.4) is 0 Å². The molecule has 2 unspecified atom stereocenters. The van der Waals surface area contributed by atoms with Gasteiger partial charge in [0, 0.05) is 121 Å². The number of amides is 8. The summed E-state index contributed by atoms with van der Waals surface area (Å²) in [5.41, 5.74) is 41.3. The van der Waals surface area contributed by atoms with Crippen LogP contribution in [0.2, 0.25) is 0 Å². The number of hydrogen-bond donors (Lipinski definition) is 10. The van der Waals surface area contributed by atoms with Crippen molar-refractivity contribution in [3.05, 3.63) is 75.8 Å². The molecule has 6 aliphatic heterocycles. The number of aliphatic hydroxyl groups excluding tert-OH is 2. The van der Waals surface area contributed by atoms with Gasteiger partial charge in [0.1, 0.15) is 18.3 Å². The molecule has 8 amide bonds. The molecule has 30 nitrogen and oxygen atoms in total. The number of fused-ring (bicyclic) bond motifs is 7. The van der Waals surface area contributed by atoms with E-state index < -0.39 is 143 Å². The maximum absolute atomic E-state index is 14.4. The van der Waals surface area contributed by atoms with E-state index in [0.717, 1.165) is 11.1 Å². The van der Waals surface area contributed by atoms with Gasteiger partial charge in [0.25, 0.3) is 7.82 Å². The molecular weight excluding hydrogens is 1330 g/mol. The van der Waals surface area contributed by atoms with E-state index in [9.17, 15) is 58.0 Å². The van der Waals surface area contributed by atoms with Crippen molar-refractivity contribution in [1.29, 1.82) is 5.26 Å². The molecule has 17 N–H and O–H groups in total. The Morgan fingerprint density at radius 2 is 1.35 bits per heavy atom. The zero-order valence-electron chi connectivity index (χ0n) is 57.6. The summed E-state index contributed by atoms with van der Waals surface area (Å²) < 4.78 is 31.9. The fourth-order valence-electron chi connectivity index (χ4n) is 15.3. The van der Waals surface area contributed by atoms with E-state index in [1.165, 1.54) is 17.8 Å². The Hall–Kier alpha value is -7.53. The zero-order chi connectivity index (χ0) is 73.0. The Morgan fingerprint density at radius 3 is 1.89 bits per heavy atom. The van der Waals surface area contributed by atoms with Gasteiger partial charge in [0.05, 0.1) is 30.1 Å². The summed E-state index contributed by atoms with van der Waals surface area (Å²) in [7, 11) is -5.32. The van der Waals surface area contributed by atoms with E-state index >= 15 is 0 Å². The number of phosphoric ester groups is 1. The van der Waals surface area contributed by atoms with Crippen LogP contribution in [0.4, 0.5) is 0 Å². The van der Waals surface area contributed by atoms with E-state index in [1.54, 1.807) is 13.8 Å². The first kappa shape index (κ1) is 81.1. The molecule has 2 fully saturated rings. The van der Waals surface area contributed by atoms with Crippen LogP contribution in [0.25, 0.3) is 16.4 Å². The Labute approximate surface area is 581 Å². The second-order valence-electron chi connectivity index (χ2n) is 27.8. The summed E-state index contributed by atoms with van der Waals surface area (Å²) in [6.45, 7) is 25.4. The SMILES string of the molecule is C/C1=C2N=C(/C=C3N=C(/C(C)=C4\[N-][C@@](C)([C@@H]5N=C1[C@](C)(CCC(=O)NCC(C)OP(=O)([O-])O[C@H]1[C@@H](O)[C@@H](n6cnc7cc(C)c(C)cc76)O[C@@H]1CO)[C@H]5CC(N)=O)[C@@](C)(CC(N)=O)[C@@H]4CCC(N)=O)[C@@](C)(CC(N)=O)[C@@H]\3CCC(N)=O)C(C)(C)[C@@H]/2CCC(N)=O.CCC(N)=O.[C-]#N.[Co+3]. The normalized spacial score (nSPS) is 31.8. The van der Waals surface area contributed by atoms with Gasteiger partial charge < -0.3 is 96.1 Å². The van der Waals surface area contributed by atoms with Crippen molar-refractivity contribution < 1.29 is 88.6 Å². The number of rotatable bonds is 27. The Balaban J connectivity index is 0.00000207. The minimum atomic E-state index is -5.32. The fourth-order valence-corrected chi connectivity index (χ4v) is 16.4. The number of aromatic nitrogens is 2. The molecule has 15 atom stereocenters. The number of hydrogen-bond acceptors (Lipinski definition) is 20. The van der Waals surface area contributed by atoms with Gasteiger partial charge >= 0.3 is 16.8 Å². The molecule has 0 aliphatic carbocycles. The van der Waals surface area contributed by atoms with E-state index in [1.807, 2.05) is 80.5 Å². The largest absolute Gasteiger partial charge is 3.00 e. The van der Waals surface area contributed by atoms with Gasteiger partial charge in [0.15, 0.2) is 6.23 Å². The number of benzene rings is 1. The number of carbonyl (C=O) groups is 8. The van der Waals surface area contributed by atoms with Crippen molar-refractivity contribution >= 4 is 83.2 Å². The zero-order valence-corrected chi connectivity index (χ0v) is 59.6. The third-order valence-corrected chi connectivity index (χ3v) is 21.9. The molecule has 538 valence electrons. The van der Waals surface area contributed by atoms with Crippen LogP contribution in [-0.4, -0.2) is 133 Å². The molecular formula is C66H95CoN15O15P. The van der Waals surface area contributed by atoms with Gasteiger partial charge in [-0.25, -0.2) is 4.98 Å². The topological polar surface area (TPSA) is 532 Å². The van der Waals surface area contributed by atoms with Crippen LogP contribution in [0.5, 0.6) is 0 Å². The smallest absolute Gasteiger partial charge is 0.756 e. The molecule has 2 aromatic rings. The number of primary amides is 7. The first-order chi connectivity index (χ1) is 45.1. The molecule has 0 saturated carbocycles. The van der Waals surface area contributed by atoms with Crippen LogP contribution in [0.1, 0.15) is 164 Å². The minimum absolute atomic E-state index is 0. The predicted octanol–water partition coefficient (Wildman–Crippen LogP) is 3.29. The number of phosphoric acid groups is 1. The number of nitrogens with zero attached hydrogens (tertiary/aromatic N) is 7. The maximum atomic E-state index is 14.4. The number of aliphatic hydroxyl groups is 2. The van der Waals surface area contributed by atoms with Crippen LogP contribution in [0, 0.1) is 71.0 Å². The first-order valence-corrected chi connectivity index (χ1v) is 33.7. The van der Waals surface area contributed by atoms with Crippen molar-refractivity contribution in [2.45, 2.75) is 202 Å². The molecule has 0 radical (unpaired) electrons. The van der Waals surface area contributed by atoms with Crippen molar-refractivity contribution in [1.82, 2.24) is 14.9 Å². The van der Waals surface area contributed by atoms with E-state index in [2.05, 4.69) is 16.0 Å². The van der Waals surface area contributed by atoms with Crippen molar-refractivity contribution in [3.8, 4) is 0 Å². The van der Waals surface area contributed by atoms with Crippen LogP contribution < -0.4 is 50.3 Å². The fraction of sp³-hybridized carbons (Fsp3) is 0.621. The quantitative estimate of drug-likeness (QED) is 0.0453. The van der Waals surface area contributed by atoms with Crippen LogP contribution >= 0.6 is 7.82 Å². The minimum Gasteiger partial charge on any atom is -0.756 e. The summed E-state index contributed by atoms with van der Waals surface area (Å²) >= 11 is 0. The molecule has 0 spiro atoms. The third kappa shape index (κ3) is 16.7. The van der Waals surface area contributed by atoms with Crippen LogP contribution in [-0.2, 0) is 73.5 Å². The number of nitrogens with two attached hydrogens (primary N) is 7. The number of ether oxygens (including phenoxy) is 1. The summed E-state index contributed by atoms with van der Waals surface area (Å²) in [4.78, 5) is 137. The number of allylic oxidation sites excluding steroid dienone is 6. The monoisotopic (exact) mass is 1430 g/mol. The number of nitrogens with one attached hydrogen (secondary N) is 1. The average molecular weight is 1430 g/mol. The molecule has 1 aromatic heterocycles. The predicted molar refractivity (Wildman–Crippen MR) is 356 cm³/mol. The molecule has 1 aromatic carbocycles. The molecule has 7 heterocycles. The molecule has 32 heteroatoms. The summed E-state index contributed by atoms with van der Waals surface area (Å²) in [5, 5.41) is 36.4. The number of carbonyl (C=O) groups excluding carboxylic acids is 8. The van der Waals surface area contributed by atoms with Crippen molar-refractivity contribution in [2.24, 2.45) is 100 Å². The maximum Gasteiger partial charge on any atom is 3.00 e. The summed E-state index contributed by atoms with van der Waals surface area (Å²) in [6.07, 6.45) is -4.34.